The zero-order valence-corrected chi connectivity index (χ0v) is 9.56. The highest BCUT2D eigenvalue weighted by molar-refractivity contribution is 6.75. The molecule has 1 nitrogen and oxygen atoms in total. The Morgan fingerprint density at radius 1 is 1.23 bits per heavy atom. The molecule has 0 atom stereocenters. The molecular weight excluding hydrogens is 176 g/mol. The number of furan rings is 1. The predicted molar refractivity (Wildman–Crippen MR) is 58.7 cm³/mol. The van der Waals surface area contributed by atoms with E-state index in [0.29, 0.717) is 0 Å². The van der Waals surface area contributed by atoms with E-state index in [1.165, 1.54) is 16.3 Å². The number of fused-ring (bicyclic) bond motifs is 1. The summed E-state index contributed by atoms with van der Waals surface area (Å²) in [5.74, 6) is 2.16. The van der Waals surface area contributed by atoms with E-state index < -0.39 is 8.41 Å². The fraction of sp³-hybridized carbons (Fsp3) is 0.364. The number of hydrogen-bond acceptors (Lipinski definition) is 1. The first kappa shape index (κ1) is 8.69. The molecule has 0 aliphatic heterocycles. The Morgan fingerprint density at radius 2 is 1.92 bits per heavy atom. The molecule has 0 saturated heterocycles. The lowest BCUT2D eigenvalue weighted by Crippen LogP contribution is -2.09. The normalized spacial score (nSPS) is 14.5. The molecule has 13 heavy (non-hydrogen) atoms. The summed E-state index contributed by atoms with van der Waals surface area (Å²) in [6.45, 7) is 8.81. The van der Waals surface area contributed by atoms with Crippen molar-refractivity contribution in [1.29, 1.82) is 0 Å². The third-order valence-corrected chi connectivity index (χ3v) is 4.00. The highest BCUT2D eigenvalue weighted by atomic mass is 28.2. The van der Waals surface area contributed by atoms with Gasteiger partial charge in [0.25, 0.3) is 0 Å². The Bertz CT molecular complexity index is 417. The zero-order valence-electron chi connectivity index (χ0n) is 8.56. The minimum Gasteiger partial charge on any atom is -0.461 e. The second-order valence-electron chi connectivity index (χ2n) is 3.84. The van der Waals surface area contributed by atoms with Crippen LogP contribution in [-0.4, -0.2) is 13.6 Å². The lowest BCUT2D eigenvalue weighted by molar-refractivity contribution is 0.527. The molecule has 68 valence electrons. The molecule has 0 unspecified atom stereocenters. The Kier molecular flexibility index (Phi) is 1.88. The molecule has 1 aliphatic carbocycles. The SMILES string of the molecule is CC1=Cc2cc(C)oc2C1=[Si](C)C. The van der Waals surface area contributed by atoms with Crippen molar-refractivity contribution in [3.05, 3.63) is 28.7 Å². The fourth-order valence-corrected chi connectivity index (χ4v) is 3.45. The average molecular weight is 190 g/mol. The van der Waals surface area contributed by atoms with E-state index in [0.717, 1.165) is 11.5 Å². The van der Waals surface area contributed by atoms with Crippen molar-refractivity contribution in [2.24, 2.45) is 0 Å². The van der Waals surface area contributed by atoms with Gasteiger partial charge in [0.1, 0.15) is 11.5 Å². The molecule has 0 N–H and O–H groups in total. The molecule has 0 radical (unpaired) electrons. The summed E-state index contributed by atoms with van der Waals surface area (Å²) in [5.41, 5.74) is 2.67. The molecule has 2 rings (SSSR count). The first-order chi connectivity index (χ1) is 6.09. The van der Waals surface area contributed by atoms with Crippen LogP contribution in [0.4, 0.5) is 0 Å². The third-order valence-electron chi connectivity index (χ3n) is 2.38. The van der Waals surface area contributed by atoms with Gasteiger partial charge in [-0.2, -0.15) is 0 Å². The molecule has 1 heterocycles. The molecule has 1 aromatic heterocycles. The number of rotatable bonds is 0. The van der Waals surface area contributed by atoms with Gasteiger partial charge in [-0.05, 0) is 36.7 Å². The minimum absolute atomic E-state index is 0.405. The van der Waals surface area contributed by atoms with Gasteiger partial charge in [0.2, 0.25) is 0 Å². The van der Waals surface area contributed by atoms with Crippen molar-refractivity contribution < 1.29 is 4.42 Å². The van der Waals surface area contributed by atoms with E-state index in [1.807, 2.05) is 6.92 Å². The van der Waals surface area contributed by atoms with Crippen molar-refractivity contribution in [1.82, 2.24) is 0 Å². The molecule has 2 heteroatoms. The molecule has 0 bridgehead atoms. The first-order valence-corrected chi connectivity index (χ1v) is 7.06. The van der Waals surface area contributed by atoms with E-state index in [9.17, 15) is 0 Å². The lowest BCUT2D eigenvalue weighted by Gasteiger charge is -2.01. The summed E-state index contributed by atoms with van der Waals surface area (Å²) in [6.07, 6.45) is 2.23. The van der Waals surface area contributed by atoms with Crippen molar-refractivity contribution >= 4 is 19.7 Å². The van der Waals surface area contributed by atoms with E-state index in [4.69, 9.17) is 4.42 Å². The summed E-state index contributed by atoms with van der Waals surface area (Å²) in [5, 5.41) is 1.47. The number of hydrogen-bond donors (Lipinski definition) is 0. The van der Waals surface area contributed by atoms with Gasteiger partial charge in [-0.1, -0.05) is 13.1 Å². The van der Waals surface area contributed by atoms with Crippen LogP contribution in [0.15, 0.2) is 16.1 Å². The maximum Gasteiger partial charge on any atom is 0.136 e. The highest BCUT2D eigenvalue weighted by Crippen LogP contribution is 2.27. The molecule has 0 aromatic carbocycles. The van der Waals surface area contributed by atoms with Crippen LogP contribution in [0.1, 0.15) is 24.0 Å². The fourth-order valence-electron chi connectivity index (χ4n) is 1.94. The smallest absolute Gasteiger partial charge is 0.136 e. The van der Waals surface area contributed by atoms with Gasteiger partial charge in [0.15, 0.2) is 0 Å². The summed E-state index contributed by atoms with van der Waals surface area (Å²) < 4.78 is 5.71. The van der Waals surface area contributed by atoms with Gasteiger partial charge >= 0.3 is 0 Å². The summed E-state index contributed by atoms with van der Waals surface area (Å²) >= 11 is 0. The van der Waals surface area contributed by atoms with Crippen LogP contribution in [0.5, 0.6) is 0 Å². The van der Waals surface area contributed by atoms with Crippen LogP contribution < -0.4 is 0 Å². The van der Waals surface area contributed by atoms with Gasteiger partial charge in [-0.25, -0.2) is 0 Å². The Balaban J connectivity index is 2.67. The van der Waals surface area contributed by atoms with Crippen molar-refractivity contribution in [2.75, 3.05) is 0 Å². The van der Waals surface area contributed by atoms with Crippen molar-refractivity contribution in [2.45, 2.75) is 26.9 Å². The molecule has 1 aromatic rings. The van der Waals surface area contributed by atoms with Crippen molar-refractivity contribution in [3.63, 3.8) is 0 Å². The lowest BCUT2D eigenvalue weighted by atomic mass is 10.3. The van der Waals surface area contributed by atoms with Gasteiger partial charge in [-0.15, -0.1) is 0 Å². The van der Waals surface area contributed by atoms with Crippen LogP contribution in [0.2, 0.25) is 13.1 Å². The van der Waals surface area contributed by atoms with Gasteiger partial charge in [0.05, 0.1) is 0 Å². The molecule has 0 spiro atoms. The molecule has 0 fully saturated rings. The third kappa shape index (κ3) is 1.25. The maximum atomic E-state index is 5.71. The van der Waals surface area contributed by atoms with Crippen LogP contribution in [0.25, 0.3) is 6.08 Å². The molecule has 0 saturated carbocycles. The van der Waals surface area contributed by atoms with E-state index in [-0.39, 0.29) is 0 Å². The molecule has 1 aliphatic rings. The first-order valence-electron chi connectivity index (χ1n) is 4.56. The Labute approximate surface area is 80.3 Å². The minimum atomic E-state index is -0.405. The molecular formula is C11H14OSi. The average Bonchev–Trinajstić information content (AvgIpc) is 2.41. The topological polar surface area (TPSA) is 13.1 Å². The Hall–Kier alpha value is -0.893. The van der Waals surface area contributed by atoms with Gasteiger partial charge < -0.3 is 4.42 Å². The quantitative estimate of drug-likeness (QED) is 0.573. The van der Waals surface area contributed by atoms with E-state index in [1.54, 1.807) is 0 Å². The van der Waals surface area contributed by atoms with Crippen LogP contribution in [-0.2, 0) is 0 Å². The second kappa shape index (κ2) is 2.81. The van der Waals surface area contributed by atoms with Gasteiger partial charge in [-0.3, -0.25) is 0 Å². The zero-order chi connectivity index (χ0) is 9.59. The largest absolute Gasteiger partial charge is 0.461 e. The summed E-state index contributed by atoms with van der Waals surface area (Å²) in [7, 11) is -0.405. The van der Waals surface area contributed by atoms with Crippen LogP contribution >= 0.6 is 0 Å². The van der Waals surface area contributed by atoms with E-state index in [2.05, 4.69) is 32.2 Å². The predicted octanol–water partition coefficient (Wildman–Crippen LogP) is 2.86. The van der Waals surface area contributed by atoms with Crippen LogP contribution in [0, 0.1) is 6.92 Å². The maximum absolute atomic E-state index is 5.71. The monoisotopic (exact) mass is 190 g/mol. The highest BCUT2D eigenvalue weighted by Gasteiger charge is 2.20. The summed E-state index contributed by atoms with van der Waals surface area (Å²) in [4.78, 5) is 0. The molecule has 0 amide bonds. The van der Waals surface area contributed by atoms with E-state index >= 15 is 0 Å². The van der Waals surface area contributed by atoms with Crippen LogP contribution in [0.3, 0.4) is 0 Å². The number of allylic oxidation sites excluding steroid dienone is 1. The Morgan fingerprint density at radius 3 is 2.54 bits per heavy atom. The van der Waals surface area contributed by atoms with Gasteiger partial charge in [0, 0.05) is 14.0 Å². The summed E-state index contributed by atoms with van der Waals surface area (Å²) in [6, 6.07) is 2.12. The standard InChI is InChI=1S/C11H14OSi/c1-7-5-9-6-8(2)12-10(9)11(7)13(3)4/h5-6H,1-4H3. The van der Waals surface area contributed by atoms with Crippen molar-refractivity contribution in [3.8, 4) is 0 Å². The number of aryl methyl sites for hydroxylation is 1. The second-order valence-corrected chi connectivity index (χ2v) is 6.34.